The molecule has 0 aliphatic rings. The van der Waals surface area contributed by atoms with Gasteiger partial charge in [-0.1, -0.05) is 18.2 Å². The van der Waals surface area contributed by atoms with Gasteiger partial charge in [0.25, 0.3) is 0 Å². The van der Waals surface area contributed by atoms with Crippen LogP contribution in [0.2, 0.25) is 0 Å². The van der Waals surface area contributed by atoms with Crippen molar-refractivity contribution in [3.8, 4) is 0 Å². The van der Waals surface area contributed by atoms with E-state index in [1.165, 1.54) is 5.56 Å². The van der Waals surface area contributed by atoms with Crippen molar-refractivity contribution in [1.29, 1.82) is 0 Å². The fourth-order valence-electron chi connectivity index (χ4n) is 2.20. The van der Waals surface area contributed by atoms with Crippen LogP contribution in [0.4, 0.5) is 11.6 Å². The summed E-state index contributed by atoms with van der Waals surface area (Å²) in [6.07, 6.45) is 0.0319. The third kappa shape index (κ3) is 3.02. The Morgan fingerprint density at radius 3 is 2.71 bits per heavy atom. The maximum atomic E-state index is 10.6. The molecule has 1 aromatic heterocycles. The van der Waals surface area contributed by atoms with Crippen molar-refractivity contribution < 1.29 is 9.90 Å². The normalized spacial score (nSPS) is 10.7. The molecule has 0 aliphatic carbocycles. The van der Waals surface area contributed by atoms with E-state index in [1.807, 2.05) is 37.3 Å². The van der Waals surface area contributed by atoms with Crippen LogP contribution in [-0.2, 0) is 11.2 Å². The van der Waals surface area contributed by atoms with Crippen LogP contribution in [0.1, 0.15) is 11.1 Å². The lowest BCUT2D eigenvalue weighted by atomic mass is 10.1. The zero-order valence-electron chi connectivity index (χ0n) is 11.6. The molecule has 0 atom stereocenters. The summed E-state index contributed by atoms with van der Waals surface area (Å²) >= 11 is 0. The fourth-order valence-corrected chi connectivity index (χ4v) is 2.20. The second-order valence-electron chi connectivity index (χ2n) is 5.00. The summed E-state index contributed by atoms with van der Waals surface area (Å²) in [7, 11) is 0. The van der Waals surface area contributed by atoms with Gasteiger partial charge in [0.15, 0.2) is 0 Å². The molecule has 21 heavy (non-hydrogen) atoms. The smallest absolute Gasteiger partial charge is 0.307 e. The number of nitrogens with zero attached hydrogens (tertiary/aromatic N) is 1. The minimum atomic E-state index is -0.830. The van der Waals surface area contributed by atoms with E-state index in [0.717, 1.165) is 22.3 Å². The maximum absolute atomic E-state index is 10.6. The number of aromatic amines is 1. The number of imidazole rings is 1. The summed E-state index contributed by atoms with van der Waals surface area (Å²) in [5, 5.41) is 11.9. The number of aliphatic carboxylic acids is 1. The van der Waals surface area contributed by atoms with Crippen LogP contribution < -0.4 is 5.32 Å². The van der Waals surface area contributed by atoms with Gasteiger partial charge >= 0.3 is 5.97 Å². The number of carboxylic acids is 1. The van der Waals surface area contributed by atoms with Crippen LogP contribution in [0.3, 0.4) is 0 Å². The van der Waals surface area contributed by atoms with Crippen LogP contribution in [0.25, 0.3) is 11.0 Å². The Kier molecular flexibility index (Phi) is 3.31. The average molecular weight is 281 g/mol. The van der Waals surface area contributed by atoms with Crippen LogP contribution in [0.5, 0.6) is 0 Å². The van der Waals surface area contributed by atoms with E-state index in [0.29, 0.717) is 5.95 Å². The summed E-state index contributed by atoms with van der Waals surface area (Å²) in [5.74, 6) is -0.162. The van der Waals surface area contributed by atoms with E-state index in [2.05, 4.69) is 15.3 Å². The van der Waals surface area contributed by atoms with Gasteiger partial charge in [-0.15, -0.1) is 0 Å². The first-order valence-electron chi connectivity index (χ1n) is 6.64. The zero-order chi connectivity index (χ0) is 14.8. The number of nitrogens with one attached hydrogen (secondary N) is 2. The number of carboxylic acid groups (broad SMARTS) is 1. The Bertz CT molecular complexity index is 791. The molecule has 1 heterocycles. The van der Waals surface area contributed by atoms with E-state index in [1.54, 1.807) is 12.1 Å². The summed E-state index contributed by atoms with van der Waals surface area (Å²) in [5.41, 5.74) is 4.70. The van der Waals surface area contributed by atoms with Gasteiger partial charge in [0.1, 0.15) is 0 Å². The zero-order valence-corrected chi connectivity index (χ0v) is 11.6. The predicted molar refractivity (Wildman–Crippen MR) is 81.9 cm³/mol. The van der Waals surface area contributed by atoms with Gasteiger partial charge in [-0.2, -0.15) is 0 Å². The SMILES string of the molecule is Cc1ccc2nc(Nc3ccc(CC(=O)O)cc3)[nH]c2c1. The average Bonchev–Trinajstić information content (AvgIpc) is 2.82. The number of hydrogen-bond donors (Lipinski definition) is 3. The molecule has 5 heteroatoms. The molecule has 3 N–H and O–H groups in total. The quantitative estimate of drug-likeness (QED) is 0.686. The Labute approximate surface area is 121 Å². The molecule has 0 spiro atoms. The third-order valence-corrected chi connectivity index (χ3v) is 3.21. The summed E-state index contributed by atoms with van der Waals surface area (Å²) < 4.78 is 0. The van der Waals surface area contributed by atoms with Crippen molar-refractivity contribution in [2.24, 2.45) is 0 Å². The third-order valence-electron chi connectivity index (χ3n) is 3.21. The molecule has 0 fully saturated rings. The number of H-pyrrole nitrogens is 1. The van der Waals surface area contributed by atoms with Crippen molar-refractivity contribution >= 4 is 28.6 Å². The molecule has 3 rings (SSSR count). The minimum absolute atomic E-state index is 0.0319. The largest absolute Gasteiger partial charge is 0.481 e. The van der Waals surface area contributed by atoms with Crippen LogP contribution in [0.15, 0.2) is 42.5 Å². The highest BCUT2D eigenvalue weighted by molar-refractivity contribution is 5.79. The standard InChI is InChI=1S/C16H15N3O2/c1-10-2-7-13-14(8-10)19-16(18-13)17-12-5-3-11(4-6-12)9-15(20)21/h2-8H,9H2,1H3,(H,20,21)(H2,17,18,19). The number of aromatic nitrogens is 2. The van der Waals surface area contributed by atoms with Gasteiger partial charge in [-0.05, 0) is 42.3 Å². The second-order valence-corrected chi connectivity index (χ2v) is 5.00. The Morgan fingerprint density at radius 1 is 1.24 bits per heavy atom. The molecule has 0 saturated carbocycles. The number of hydrogen-bond acceptors (Lipinski definition) is 3. The van der Waals surface area contributed by atoms with Crippen molar-refractivity contribution in [2.45, 2.75) is 13.3 Å². The highest BCUT2D eigenvalue weighted by atomic mass is 16.4. The lowest BCUT2D eigenvalue weighted by molar-refractivity contribution is -0.136. The first kappa shape index (κ1) is 13.2. The lowest BCUT2D eigenvalue weighted by Crippen LogP contribution is -2.00. The van der Waals surface area contributed by atoms with Crippen LogP contribution in [-0.4, -0.2) is 21.0 Å². The van der Waals surface area contributed by atoms with Gasteiger partial charge in [0, 0.05) is 5.69 Å². The van der Waals surface area contributed by atoms with Crippen LogP contribution >= 0.6 is 0 Å². The van der Waals surface area contributed by atoms with E-state index < -0.39 is 5.97 Å². The first-order chi connectivity index (χ1) is 10.1. The predicted octanol–water partition coefficient (Wildman–Crippen LogP) is 3.24. The first-order valence-corrected chi connectivity index (χ1v) is 6.64. The van der Waals surface area contributed by atoms with Gasteiger partial charge in [-0.3, -0.25) is 4.79 Å². The Hall–Kier alpha value is -2.82. The van der Waals surface area contributed by atoms with Gasteiger partial charge < -0.3 is 15.4 Å². The molecule has 0 bridgehead atoms. The molecular formula is C16H15N3O2. The molecule has 0 saturated heterocycles. The van der Waals surface area contributed by atoms with E-state index in [4.69, 9.17) is 5.11 Å². The molecule has 106 valence electrons. The number of anilines is 2. The number of carbonyl (C=O) groups is 1. The molecule has 2 aromatic carbocycles. The van der Waals surface area contributed by atoms with Crippen molar-refractivity contribution in [3.05, 3.63) is 53.6 Å². The van der Waals surface area contributed by atoms with E-state index >= 15 is 0 Å². The van der Waals surface area contributed by atoms with Crippen molar-refractivity contribution in [1.82, 2.24) is 9.97 Å². The number of aryl methyl sites for hydroxylation is 1. The summed E-state index contributed by atoms with van der Waals surface area (Å²) in [4.78, 5) is 18.3. The maximum Gasteiger partial charge on any atom is 0.307 e. The Balaban J connectivity index is 1.79. The second kappa shape index (κ2) is 5.28. The van der Waals surface area contributed by atoms with E-state index in [9.17, 15) is 4.79 Å². The van der Waals surface area contributed by atoms with E-state index in [-0.39, 0.29) is 6.42 Å². The Morgan fingerprint density at radius 2 is 2.00 bits per heavy atom. The van der Waals surface area contributed by atoms with Gasteiger partial charge in [-0.25, -0.2) is 4.98 Å². The highest BCUT2D eigenvalue weighted by Crippen LogP contribution is 2.19. The number of rotatable bonds is 4. The molecule has 0 unspecified atom stereocenters. The molecule has 0 radical (unpaired) electrons. The molecule has 5 nitrogen and oxygen atoms in total. The number of benzene rings is 2. The summed E-state index contributed by atoms with van der Waals surface area (Å²) in [6.45, 7) is 2.04. The minimum Gasteiger partial charge on any atom is -0.481 e. The molecule has 0 aliphatic heterocycles. The number of fused-ring (bicyclic) bond motifs is 1. The molecule has 0 amide bonds. The molecule has 3 aromatic rings. The monoisotopic (exact) mass is 281 g/mol. The van der Waals surface area contributed by atoms with Gasteiger partial charge in [0.2, 0.25) is 5.95 Å². The molecular weight excluding hydrogens is 266 g/mol. The van der Waals surface area contributed by atoms with Crippen molar-refractivity contribution in [2.75, 3.05) is 5.32 Å². The van der Waals surface area contributed by atoms with Gasteiger partial charge in [0.05, 0.1) is 17.5 Å². The highest BCUT2D eigenvalue weighted by Gasteiger charge is 2.04. The summed E-state index contributed by atoms with van der Waals surface area (Å²) in [6, 6.07) is 13.3. The fraction of sp³-hybridized carbons (Fsp3) is 0.125. The van der Waals surface area contributed by atoms with Crippen molar-refractivity contribution in [3.63, 3.8) is 0 Å². The topological polar surface area (TPSA) is 78.0 Å². The lowest BCUT2D eigenvalue weighted by Gasteiger charge is -2.03. The van der Waals surface area contributed by atoms with Crippen LogP contribution in [0, 0.1) is 6.92 Å².